The van der Waals surface area contributed by atoms with E-state index in [-0.39, 0.29) is 11.9 Å². The summed E-state index contributed by atoms with van der Waals surface area (Å²) in [5.41, 5.74) is 1.84. The second-order valence-electron chi connectivity index (χ2n) is 4.42. The van der Waals surface area contributed by atoms with Crippen molar-refractivity contribution in [2.24, 2.45) is 0 Å². The van der Waals surface area contributed by atoms with Crippen LogP contribution in [0.15, 0.2) is 12.4 Å². The van der Waals surface area contributed by atoms with Crippen LogP contribution in [-0.2, 0) is 11.3 Å². The number of rotatable bonds is 3. The third-order valence-electron chi connectivity index (χ3n) is 2.89. The van der Waals surface area contributed by atoms with Gasteiger partial charge in [0, 0.05) is 37.9 Å². The van der Waals surface area contributed by atoms with Crippen molar-refractivity contribution in [1.29, 1.82) is 0 Å². The molecule has 17 heavy (non-hydrogen) atoms. The number of aromatic nitrogens is 2. The molecule has 1 aliphatic heterocycles. The Bertz CT molecular complexity index is 377. The van der Waals surface area contributed by atoms with E-state index in [0.717, 1.165) is 30.8 Å². The fraction of sp³-hybridized carbons (Fsp3) is 0.583. The molecule has 92 valence electrons. The summed E-state index contributed by atoms with van der Waals surface area (Å²) in [5.74, 6) is 0.134. The van der Waals surface area contributed by atoms with Gasteiger partial charge in [0.25, 0.3) is 0 Å². The molecule has 2 rings (SSSR count). The quantitative estimate of drug-likeness (QED) is 0.801. The smallest absolute Gasteiger partial charge is 0.221 e. The summed E-state index contributed by atoms with van der Waals surface area (Å²) in [4.78, 5) is 19.8. The molecule has 2 heterocycles. The summed E-state index contributed by atoms with van der Waals surface area (Å²) in [6, 6.07) is 0.251. The van der Waals surface area contributed by atoms with E-state index in [9.17, 15) is 4.79 Å². The van der Waals surface area contributed by atoms with Gasteiger partial charge in [0.15, 0.2) is 0 Å². The van der Waals surface area contributed by atoms with Gasteiger partial charge in [0.2, 0.25) is 5.91 Å². The Hall–Kier alpha value is -1.49. The Morgan fingerprint density at radius 2 is 2.35 bits per heavy atom. The molecule has 1 aromatic heterocycles. The van der Waals surface area contributed by atoms with Crippen LogP contribution in [0.1, 0.15) is 30.7 Å². The standard InChI is InChI=1S/C12H18N4O/c1-9-6-15-11(7-14-9)8-16-10-3-2-4-13-12(17)5-10/h6-7,10,16H,2-5,8H2,1H3,(H,13,17). The zero-order valence-electron chi connectivity index (χ0n) is 10.1. The molecular formula is C12H18N4O. The van der Waals surface area contributed by atoms with Gasteiger partial charge in [-0.05, 0) is 19.8 Å². The third-order valence-corrected chi connectivity index (χ3v) is 2.89. The molecule has 1 amide bonds. The Morgan fingerprint density at radius 1 is 1.47 bits per heavy atom. The topological polar surface area (TPSA) is 66.9 Å². The van der Waals surface area contributed by atoms with Crippen LogP contribution in [0.4, 0.5) is 0 Å². The highest BCUT2D eigenvalue weighted by Crippen LogP contribution is 2.06. The van der Waals surface area contributed by atoms with Gasteiger partial charge in [-0.3, -0.25) is 14.8 Å². The first kappa shape index (κ1) is 12.0. The molecule has 2 N–H and O–H groups in total. The molecular weight excluding hydrogens is 216 g/mol. The van der Waals surface area contributed by atoms with Crippen molar-refractivity contribution in [1.82, 2.24) is 20.6 Å². The summed E-state index contributed by atoms with van der Waals surface area (Å²) < 4.78 is 0. The summed E-state index contributed by atoms with van der Waals surface area (Å²) >= 11 is 0. The van der Waals surface area contributed by atoms with E-state index < -0.39 is 0 Å². The Kier molecular flexibility index (Phi) is 4.03. The molecule has 0 saturated carbocycles. The predicted octanol–water partition coefficient (Wildman–Crippen LogP) is 0.543. The van der Waals surface area contributed by atoms with Gasteiger partial charge in [-0.25, -0.2) is 0 Å². The Morgan fingerprint density at radius 3 is 3.12 bits per heavy atom. The van der Waals surface area contributed by atoms with Gasteiger partial charge in [-0.2, -0.15) is 0 Å². The van der Waals surface area contributed by atoms with Crippen LogP contribution in [-0.4, -0.2) is 28.5 Å². The average molecular weight is 234 g/mol. The average Bonchev–Trinajstić information content (AvgIpc) is 2.53. The molecule has 1 saturated heterocycles. The molecule has 0 bridgehead atoms. The number of nitrogens with zero attached hydrogens (tertiary/aromatic N) is 2. The van der Waals surface area contributed by atoms with Gasteiger partial charge in [0.05, 0.1) is 11.4 Å². The number of carbonyl (C=O) groups is 1. The lowest BCUT2D eigenvalue weighted by Crippen LogP contribution is -2.32. The molecule has 1 atom stereocenters. The molecule has 1 unspecified atom stereocenters. The molecule has 5 heteroatoms. The number of amides is 1. The fourth-order valence-electron chi connectivity index (χ4n) is 1.91. The highest BCUT2D eigenvalue weighted by molar-refractivity contribution is 5.76. The van der Waals surface area contributed by atoms with E-state index in [4.69, 9.17) is 0 Å². The van der Waals surface area contributed by atoms with Gasteiger partial charge in [0.1, 0.15) is 0 Å². The number of hydrogen-bond acceptors (Lipinski definition) is 4. The molecule has 5 nitrogen and oxygen atoms in total. The van der Waals surface area contributed by atoms with Crippen molar-refractivity contribution in [3.8, 4) is 0 Å². The van der Waals surface area contributed by atoms with Crippen molar-refractivity contribution in [3.05, 3.63) is 23.8 Å². The predicted molar refractivity (Wildman–Crippen MR) is 64.3 cm³/mol. The highest BCUT2D eigenvalue weighted by Gasteiger charge is 2.16. The molecule has 0 aliphatic carbocycles. The lowest BCUT2D eigenvalue weighted by atomic mass is 10.1. The van der Waals surface area contributed by atoms with E-state index in [2.05, 4.69) is 20.6 Å². The van der Waals surface area contributed by atoms with E-state index >= 15 is 0 Å². The highest BCUT2D eigenvalue weighted by atomic mass is 16.1. The van der Waals surface area contributed by atoms with Crippen LogP contribution >= 0.6 is 0 Å². The zero-order chi connectivity index (χ0) is 12.1. The van der Waals surface area contributed by atoms with Crippen LogP contribution in [0.5, 0.6) is 0 Å². The minimum absolute atomic E-state index is 0.134. The van der Waals surface area contributed by atoms with Crippen molar-refractivity contribution >= 4 is 5.91 Å². The maximum atomic E-state index is 11.4. The molecule has 1 fully saturated rings. The number of aryl methyl sites for hydroxylation is 1. The fourth-order valence-corrected chi connectivity index (χ4v) is 1.91. The van der Waals surface area contributed by atoms with Crippen molar-refractivity contribution in [3.63, 3.8) is 0 Å². The Labute approximate surface area is 101 Å². The minimum Gasteiger partial charge on any atom is -0.356 e. The van der Waals surface area contributed by atoms with Crippen LogP contribution in [0, 0.1) is 6.92 Å². The monoisotopic (exact) mass is 234 g/mol. The van der Waals surface area contributed by atoms with Gasteiger partial charge in [-0.1, -0.05) is 0 Å². The lowest BCUT2D eigenvalue weighted by molar-refractivity contribution is -0.121. The van der Waals surface area contributed by atoms with Crippen molar-refractivity contribution in [2.75, 3.05) is 6.54 Å². The first-order valence-electron chi connectivity index (χ1n) is 6.01. The normalized spacial score (nSPS) is 20.8. The van der Waals surface area contributed by atoms with Gasteiger partial charge >= 0.3 is 0 Å². The Balaban J connectivity index is 1.84. The van der Waals surface area contributed by atoms with E-state index in [0.29, 0.717) is 13.0 Å². The third kappa shape index (κ3) is 3.78. The van der Waals surface area contributed by atoms with Gasteiger partial charge in [-0.15, -0.1) is 0 Å². The molecule has 1 aromatic rings. The summed E-state index contributed by atoms with van der Waals surface area (Å²) in [5, 5.41) is 6.24. The SMILES string of the molecule is Cc1cnc(CNC2CCCNC(=O)C2)cn1. The number of carbonyl (C=O) groups excluding carboxylic acids is 1. The second-order valence-corrected chi connectivity index (χ2v) is 4.42. The minimum atomic E-state index is 0.134. The van der Waals surface area contributed by atoms with Crippen LogP contribution < -0.4 is 10.6 Å². The zero-order valence-corrected chi connectivity index (χ0v) is 10.1. The maximum Gasteiger partial charge on any atom is 0.221 e. The van der Waals surface area contributed by atoms with E-state index in [1.165, 1.54) is 0 Å². The molecule has 1 aliphatic rings. The summed E-state index contributed by atoms with van der Waals surface area (Å²) in [6.45, 7) is 3.38. The van der Waals surface area contributed by atoms with Crippen LogP contribution in [0.3, 0.4) is 0 Å². The molecule has 0 radical (unpaired) electrons. The first-order valence-corrected chi connectivity index (χ1v) is 6.01. The second kappa shape index (κ2) is 5.72. The van der Waals surface area contributed by atoms with Crippen LogP contribution in [0.25, 0.3) is 0 Å². The van der Waals surface area contributed by atoms with Crippen molar-refractivity contribution in [2.45, 2.75) is 38.8 Å². The first-order chi connectivity index (χ1) is 8.24. The molecule has 0 aromatic carbocycles. The maximum absolute atomic E-state index is 11.4. The largest absolute Gasteiger partial charge is 0.356 e. The van der Waals surface area contributed by atoms with E-state index in [1.54, 1.807) is 12.4 Å². The van der Waals surface area contributed by atoms with Crippen molar-refractivity contribution < 1.29 is 4.79 Å². The van der Waals surface area contributed by atoms with E-state index in [1.807, 2.05) is 6.92 Å². The number of hydrogen-bond donors (Lipinski definition) is 2. The molecule has 0 spiro atoms. The summed E-state index contributed by atoms with van der Waals surface area (Å²) in [7, 11) is 0. The van der Waals surface area contributed by atoms with Gasteiger partial charge < -0.3 is 10.6 Å². The lowest BCUT2D eigenvalue weighted by Gasteiger charge is -2.14. The summed E-state index contributed by atoms with van der Waals surface area (Å²) in [6.07, 6.45) is 6.15. The number of nitrogens with one attached hydrogen (secondary N) is 2. The van der Waals surface area contributed by atoms with Crippen LogP contribution in [0.2, 0.25) is 0 Å².